The van der Waals surface area contributed by atoms with Gasteiger partial charge >= 0.3 is 6.98 Å². The van der Waals surface area contributed by atoms with Crippen LogP contribution in [0.3, 0.4) is 0 Å². The van der Waals surface area contributed by atoms with E-state index in [4.69, 9.17) is 0 Å². The van der Waals surface area contributed by atoms with Gasteiger partial charge in [-0.2, -0.15) is 0 Å². The molecular weight excluding hydrogens is 184 g/mol. The molecule has 0 N–H and O–H groups in total. The van der Waals surface area contributed by atoms with Crippen molar-refractivity contribution in [3.63, 3.8) is 0 Å². The second-order valence-electron chi connectivity index (χ2n) is 2.45. The predicted molar refractivity (Wildman–Crippen MR) is 39.5 cm³/mol. The van der Waals surface area contributed by atoms with E-state index in [1.54, 1.807) is 0 Å². The summed E-state index contributed by atoms with van der Waals surface area (Å²) in [5.74, 6) is -1.81. The van der Waals surface area contributed by atoms with Crippen LogP contribution in [0.5, 0.6) is 0 Å². The molecule has 0 spiro atoms. The van der Waals surface area contributed by atoms with Crippen molar-refractivity contribution in [2.24, 2.45) is 0 Å². The van der Waals surface area contributed by atoms with E-state index >= 15 is 0 Å². The Morgan fingerprint density at radius 2 is 1.77 bits per heavy atom. The minimum Gasteiger partial charge on any atom is -0.545 e. The number of aromatic carboxylic acids is 1. The number of carbonyl (C=O) groups excluding carboxylic acids is 1. The lowest BCUT2D eigenvalue weighted by Gasteiger charge is -2.19. The number of hydrogen-bond acceptors (Lipinski definition) is 2. The molecule has 0 amide bonds. The van der Waals surface area contributed by atoms with Crippen LogP contribution in [0.25, 0.3) is 0 Å². The SMILES string of the molecule is O=C([O-])c1ccccc1[B-](F)(F)F. The van der Waals surface area contributed by atoms with Gasteiger partial charge in [-0.3, -0.25) is 0 Å². The summed E-state index contributed by atoms with van der Waals surface area (Å²) in [5.41, 5.74) is -1.93. The molecule has 0 aromatic heterocycles. The van der Waals surface area contributed by atoms with Crippen LogP contribution >= 0.6 is 0 Å². The fraction of sp³-hybridized carbons (Fsp3) is 0. The normalized spacial score (nSPS) is 11.3. The molecule has 2 nitrogen and oxygen atoms in total. The predicted octanol–water partition coefficient (Wildman–Crippen LogP) is 0.105. The summed E-state index contributed by atoms with van der Waals surface area (Å²) < 4.78 is 36.5. The van der Waals surface area contributed by atoms with E-state index in [0.29, 0.717) is 0 Å². The Bertz CT molecular complexity index is 335. The molecule has 0 saturated heterocycles. The van der Waals surface area contributed by atoms with Gasteiger partial charge in [0.2, 0.25) is 0 Å². The molecule has 1 rings (SSSR count). The fourth-order valence-electron chi connectivity index (χ4n) is 0.968. The van der Waals surface area contributed by atoms with Gasteiger partial charge in [0.1, 0.15) is 0 Å². The molecule has 0 heterocycles. The molecule has 6 heteroatoms. The first-order chi connectivity index (χ1) is 5.93. The third kappa shape index (κ3) is 2.02. The summed E-state index contributed by atoms with van der Waals surface area (Å²) in [4.78, 5) is 10.3. The summed E-state index contributed by atoms with van der Waals surface area (Å²) in [7, 11) is 0. The molecule has 0 radical (unpaired) electrons. The lowest BCUT2D eigenvalue weighted by Crippen LogP contribution is -2.41. The van der Waals surface area contributed by atoms with Crippen LogP contribution in [-0.2, 0) is 0 Å². The number of hydrogen-bond donors (Lipinski definition) is 0. The van der Waals surface area contributed by atoms with Crippen LogP contribution < -0.4 is 10.6 Å². The third-order valence-electron chi connectivity index (χ3n) is 1.53. The van der Waals surface area contributed by atoms with Crippen molar-refractivity contribution in [3.05, 3.63) is 29.8 Å². The highest BCUT2D eigenvalue weighted by Gasteiger charge is 2.27. The summed E-state index contributed by atoms with van der Waals surface area (Å²) in [6.07, 6.45) is 0. The van der Waals surface area contributed by atoms with Crippen molar-refractivity contribution in [1.29, 1.82) is 0 Å². The molecule has 0 unspecified atom stereocenters. The summed E-state index contributed by atoms with van der Waals surface area (Å²) >= 11 is 0. The van der Waals surface area contributed by atoms with Crippen molar-refractivity contribution in [3.8, 4) is 0 Å². The zero-order chi connectivity index (χ0) is 10.1. The molecule has 0 atom stereocenters. The average Bonchev–Trinajstić information content (AvgIpc) is 2.03. The van der Waals surface area contributed by atoms with E-state index in [-0.39, 0.29) is 0 Å². The van der Waals surface area contributed by atoms with Crippen LogP contribution in [0, 0.1) is 0 Å². The van der Waals surface area contributed by atoms with Crippen LogP contribution in [0.15, 0.2) is 24.3 Å². The monoisotopic (exact) mass is 188 g/mol. The maximum absolute atomic E-state index is 12.2. The highest BCUT2D eigenvalue weighted by molar-refractivity contribution is 6.74. The number of halogens is 3. The van der Waals surface area contributed by atoms with Gasteiger partial charge in [0, 0.05) is 0 Å². The van der Waals surface area contributed by atoms with E-state index in [1.807, 2.05) is 0 Å². The Morgan fingerprint density at radius 1 is 1.23 bits per heavy atom. The molecule has 0 saturated carbocycles. The van der Waals surface area contributed by atoms with Crippen LogP contribution in [0.2, 0.25) is 0 Å². The first-order valence-electron chi connectivity index (χ1n) is 3.43. The first-order valence-corrected chi connectivity index (χ1v) is 3.43. The molecule has 0 bridgehead atoms. The maximum Gasteiger partial charge on any atom is 0.510 e. The number of rotatable bonds is 2. The van der Waals surface area contributed by atoms with Gasteiger partial charge in [-0.15, -0.1) is 0 Å². The summed E-state index contributed by atoms with van der Waals surface area (Å²) in [5, 5.41) is 10.3. The minimum absolute atomic E-state index is 0.727. The van der Waals surface area contributed by atoms with Gasteiger partial charge < -0.3 is 22.8 Å². The largest absolute Gasteiger partial charge is 0.545 e. The molecule has 1 aromatic rings. The second kappa shape index (κ2) is 3.12. The molecule has 0 aliphatic rings. The standard InChI is InChI=1S/C7H5BF3O2/c9-8(10,11)6-4-2-1-3-5(6)7(12)13/h1-4H,(H,12,13)/q-1/p-1. The van der Waals surface area contributed by atoms with Crippen molar-refractivity contribution in [2.45, 2.75) is 0 Å². The van der Waals surface area contributed by atoms with Crippen molar-refractivity contribution >= 4 is 18.4 Å². The Balaban J connectivity index is 3.28. The van der Waals surface area contributed by atoms with Crippen LogP contribution in [-0.4, -0.2) is 12.9 Å². The van der Waals surface area contributed by atoms with Crippen molar-refractivity contribution < 1.29 is 22.8 Å². The molecular formula is C7H4BF3O2-2. The number of carboxylic acids is 1. The van der Waals surface area contributed by atoms with Gasteiger partial charge in [-0.05, 0) is 5.56 Å². The van der Waals surface area contributed by atoms with Crippen molar-refractivity contribution in [2.75, 3.05) is 0 Å². The van der Waals surface area contributed by atoms with Crippen LogP contribution in [0.4, 0.5) is 12.9 Å². The van der Waals surface area contributed by atoms with Crippen LogP contribution in [0.1, 0.15) is 10.4 Å². The highest BCUT2D eigenvalue weighted by atomic mass is 19.4. The molecule has 0 aliphatic carbocycles. The smallest absolute Gasteiger partial charge is 0.510 e. The van der Waals surface area contributed by atoms with E-state index in [2.05, 4.69) is 0 Å². The Labute approximate surface area is 72.1 Å². The summed E-state index contributed by atoms with van der Waals surface area (Å²) in [6, 6.07) is 3.96. The van der Waals surface area contributed by atoms with Gasteiger partial charge in [0.05, 0.1) is 5.97 Å². The number of carbonyl (C=O) groups is 1. The maximum atomic E-state index is 12.2. The Hall–Kier alpha value is -1.46. The molecule has 0 aliphatic heterocycles. The quantitative estimate of drug-likeness (QED) is 0.617. The van der Waals surface area contributed by atoms with E-state index in [0.717, 1.165) is 18.2 Å². The second-order valence-corrected chi connectivity index (χ2v) is 2.45. The molecule has 13 heavy (non-hydrogen) atoms. The lowest BCUT2D eigenvalue weighted by atomic mass is 9.77. The van der Waals surface area contributed by atoms with Gasteiger partial charge in [-0.1, -0.05) is 29.7 Å². The van der Waals surface area contributed by atoms with Gasteiger partial charge in [0.15, 0.2) is 0 Å². The molecule has 0 fully saturated rings. The Morgan fingerprint density at radius 3 is 2.15 bits per heavy atom. The summed E-state index contributed by atoms with van der Waals surface area (Å²) in [6.45, 7) is -5.29. The first kappa shape index (κ1) is 9.63. The van der Waals surface area contributed by atoms with Crippen molar-refractivity contribution in [1.82, 2.24) is 0 Å². The number of carboxylic acid groups (broad SMARTS) is 1. The van der Waals surface area contributed by atoms with E-state index in [1.165, 1.54) is 6.07 Å². The minimum atomic E-state index is -5.29. The Kier molecular flexibility index (Phi) is 2.31. The fourth-order valence-corrected chi connectivity index (χ4v) is 0.968. The number of benzene rings is 1. The van der Waals surface area contributed by atoms with Gasteiger partial charge in [-0.25, -0.2) is 0 Å². The average molecular weight is 188 g/mol. The topological polar surface area (TPSA) is 40.1 Å². The zero-order valence-electron chi connectivity index (χ0n) is 6.34. The zero-order valence-corrected chi connectivity index (χ0v) is 6.34. The molecule has 1 aromatic carbocycles. The lowest BCUT2D eigenvalue weighted by molar-refractivity contribution is -0.254. The molecule has 70 valence electrons. The van der Waals surface area contributed by atoms with Gasteiger partial charge in [0.25, 0.3) is 0 Å². The third-order valence-corrected chi connectivity index (χ3v) is 1.53. The van der Waals surface area contributed by atoms with E-state index < -0.39 is 24.0 Å². The highest BCUT2D eigenvalue weighted by Crippen LogP contribution is 2.11. The van der Waals surface area contributed by atoms with E-state index in [9.17, 15) is 22.8 Å².